The van der Waals surface area contributed by atoms with Crippen LogP contribution < -0.4 is 0 Å². The van der Waals surface area contributed by atoms with Gasteiger partial charge in [-0.05, 0) is 43.7 Å². The Kier molecular flexibility index (Phi) is 4.67. The van der Waals surface area contributed by atoms with Crippen molar-refractivity contribution in [2.75, 3.05) is 32.8 Å². The van der Waals surface area contributed by atoms with Crippen molar-refractivity contribution >= 4 is 33.7 Å². The van der Waals surface area contributed by atoms with Crippen molar-refractivity contribution in [1.29, 1.82) is 0 Å². The molecule has 0 aliphatic carbocycles. The zero-order valence-corrected chi connectivity index (χ0v) is 16.0. The maximum Gasteiger partial charge on any atom is 0.133 e. The van der Waals surface area contributed by atoms with Crippen molar-refractivity contribution in [3.05, 3.63) is 23.5 Å². The summed E-state index contributed by atoms with van der Waals surface area (Å²) in [5, 5.41) is 9.24. The summed E-state index contributed by atoms with van der Waals surface area (Å²) in [5.41, 5.74) is 3.34. The molecule has 8 heteroatoms. The van der Waals surface area contributed by atoms with Crippen LogP contribution in [0.2, 0.25) is 5.15 Å². The van der Waals surface area contributed by atoms with Crippen molar-refractivity contribution in [3.8, 4) is 0 Å². The lowest BCUT2D eigenvalue weighted by atomic mass is 9.97. The van der Waals surface area contributed by atoms with Gasteiger partial charge in [0.15, 0.2) is 0 Å². The first-order valence-corrected chi connectivity index (χ1v) is 10.1. The zero-order chi connectivity index (χ0) is 18.2. The van der Waals surface area contributed by atoms with Gasteiger partial charge in [-0.25, -0.2) is 9.67 Å². The highest BCUT2D eigenvalue weighted by atomic mass is 35.5. The fourth-order valence-electron chi connectivity index (χ4n) is 4.36. The van der Waals surface area contributed by atoms with Crippen molar-refractivity contribution in [1.82, 2.24) is 29.9 Å². The lowest BCUT2D eigenvalue weighted by Gasteiger charge is -2.35. The molecule has 27 heavy (non-hydrogen) atoms. The first-order chi connectivity index (χ1) is 13.3. The third-order valence-corrected chi connectivity index (χ3v) is 6.08. The predicted octanol–water partition coefficient (Wildman–Crippen LogP) is 3.09. The van der Waals surface area contributed by atoms with E-state index in [9.17, 15) is 0 Å². The average molecular weight is 387 g/mol. The van der Waals surface area contributed by atoms with Gasteiger partial charge in [-0.15, -0.1) is 5.10 Å². The maximum absolute atomic E-state index is 6.13. The largest absolute Gasteiger partial charge is 0.381 e. The molecule has 3 aromatic heterocycles. The van der Waals surface area contributed by atoms with Crippen LogP contribution in [0.1, 0.15) is 31.7 Å². The quantitative estimate of drug-likeness (QED) is 0.644. The van der Waals surface area contributed by atoms with Gasteiger partial charge in [0, 0.05) is 32.8 Å². The van der Waals surface area contributed by atoms with Crippen LogP contribution in [0.3, 0.4) is 0 Å². The summed E-state index contributed by atoms with van der Waals surface area (Å²) < 4.78 is 7.53. The summed E-state index contributed by atoms with van der Waals surface area (Å²) in [6.45, 7) is 5.23. The van der Waals surface area contributed by atoms with Gasteiger partial charge < -0.3 is 9.64 Å². The number of hydrogen-bond acceptors (Lipinski definition) is 6. The van der Waals surface area contributed by atoms with E-state index in [1.54, 1.807) is 12.3 Å². The average Bonchev–Trinajstić information content (AvgIpc) is 3.14. The van der Waals surface area contributed by atoms with Crippen LogP contribution in [-0.2, 0) is 4.74 Å². The molecule has 0 bridgehead atoms. The van der Waals surface area contributed by atoms with Gasteiger partial charge in [0.05, 0.1) is 17.8 Å². The molecule has 0 atom stereocenters. The van der Waals surface area contributed by atoms with Gasteiger partial charge in [0.1, 0.15) is 21.7 Å². The second kappa shape index (κ2) is 7.30. The normalized spacial score (nSPS) is 20.6. The molecule has 3 aromatic rings. The molecular formula is C19H23ClN6O. The fourth-order valence-corrected chi connectivity index (χ4v) is 4.50. The Morgan fingerprint density at radius 2 is 1.89 bits per heavy atom. The Bertz CT molecular complexity index is 946. The van der Waals surface area contributed by atoms with E-state index in [0.717, 1.165) is 67.1 Å². The highest BCUT2D eigenvalue weighted by Gasteiger charge is 2.26. The molecule has 5 rings (SSSR count). The first-order valence-electron chi connectivity index (χ1n) is 9.74. The number of likely N-dealkylation sites (tertiary alicyclic amines) is 1. The van der Waals surface area contributed by atoms with Crippen molar-refractivity contribution in [2.24, 2.45) is 5.92 Å². The molecule has 7 nitrogen and oxygen atoms in total. The van der Waals surface area contributed by atoms with E-state index in [1.165, 1.54) is 19.4 Å². The number of rotatable bonds is 3. The number of fused-ring (bicyclic) bond motifs is 3. The van der Waals surface area contributed by atoms with Gasteiger partial charge in [-0.1, -0.05) is 16.8 Å². The van der Waals surface area contributed by atoms with E-state index in [0.29, 0.717) is 11.2 Å². The lowest BCUT2D eigenvalue weighted by Crippen LogP contribution is -2.39. The summed E-state index contributed by atoms with van der Waals surface area (Å²) in [7, 11) is 0. The summed E-state index contributed by atoms with van der Waals surface area (Å²) in [6, 6.07) is 4.01. The summed E-state index contributed by atoms with van der Waals surface area (Å²) in [5.74, 6) is 0.781. The Balaban J connectivity index is 1.36. The van der Waals surface area contributed by atoms with Gasteiger partial charge in [-0.2, -0.15) is 0 Å². The van der Waals surface area contributed by atoms with Crippen LogP contribution in [0.25, 0.3) is 22.1 Å². The highest BCUT2D eigenvalue weighted by Crippen LogP contribution is 2.29. The molecule has 2 aliphatic heterocycles. The number of nitrogens with zero attached hydrogens (tertiary/aromatic N) is 6. The molecule has 2 saturated heterocycles. The molecule has 2 aliphatic rings. The summed E-state index contributed by atoms with van der Waals surface area (Å²) in [6.07, 6.45) is 6.31. The third-order valence-electron chi connectivity index (χ3n) is 5.87. The van der Waals surface area contributed by atoms with E-state index in [4.69, 9.17) is 16.3 Å². The Morgan fingerprint density at radius 3 is 2.70 bits per heavy atom. The third kappa shape index (κ3) is 3.39. The minimum atomic E-state index is 0.340. The summed E-state index contributed by atoms with van der Waals surface area (Å²) in [4.78, 5) is 11.5. The molecule has 2 fully saturated rings. The molecule has 0 saturated carbocycles. The zero-order valence-electron chi connectivity index (χ0n) is 15.2. The molecule has 5 heterocycles. The standard InChI is InChI=1S/C19H23ClN6O/c20-17-2-1-15-18(22-17)19-16(11-21-15)23-24-26(19)14-3-7-25(8-4-14)12-13-5-9-27-10-6-13/h1-2,11,13-14H,3-10,12H2. The predicted molar refractivity (Wildman–Crippen MR) is 104 cm³/mol. The Morgan fingerprint density at radius 1 is 1.07 bits per heavy atom. The van der Waals surface area contributed by atoms with Crippen molar-refractivity contribution in [2.45, 2.75) is 31.7 Å². The maximum atomic E-state index is 6.13. The van der Waals surface area contributed by atoms with E-state index in [-0.39, 0.29) is 0 Å². The first kappa shape index (κ1) is 17.3. The molecule has 0 amide bonds. The Hall–Kier alpha value is -1.83. The van der Waals surface area contributed by atoms with Crippen LogP contribution in [0.4, 0.5) is 0 Å². The summed E-state index contributed by atoms with van der Waals surface area (Å²) >= 11 is 6.13. The number of halogens is 1. The number of hydrogen-bond donors (Lipinski definition) is 0. The molecule has 142 valence electrons. The minimum Gasteiger partial charge on any atom is -0.381 e. The smallest absolute Gasteiger partial charge is 0.133 e. The van der Waals surface area contributed by atoms with E-state index < -0.39 is 0 Å². The number of ether oxygens (including phenoxy) is 1. The van der Waals surface area contributed by atoms with Crippen molar-refractivity contribution < 1.29 is 4.74 Å². The minimum absolute atomic E-state index is 0.340. The van der Waals surface area contributed by atoms with Crippen molar-refractivity contribution in [3.63, 3.8) is 0 Å². The number of aromatic nitrogens is 5. The molecule has 0 N–H and O–H groups in total. The van der Waals surface area contributed by atoms with Gasteiger partial charge in [0.2, 0.25) is 0 Å². The van der Waals surface area contributed by atoms with Crippen LogP contribution in [-0.4, -0.2) is 62.7 Å². The molecule has 0 spiro atoms. The number of piperidine rings is 1. The Labute approximate surface area is 162 Å². The fraction of sp³-hybridized carbons (Fsp3) is 0.579. The van der Waals surface area contributed by atoms with E-state index >= 15 is 0 Å². The number of pyridine rings is 2. The van der Waals surface area contributed by atoms with E-state index in [2.05, 4.69) is 29.9 Å². The van der Waals surface area contributed by atoms with E-state index in [1.807, 2.05) is 6.07 Å². The van der Waals surface area contributed by atoms with Crippen LogP contribution >= 0.6 is 11.6 Å². The second-order valence-corrected chi connectivity index (χ2v) is 8.00. The van der Waals surface area contributed by atoms with Gasteiger partial charge in [-0.3, -0.25) is 4.98 Å². The molecule has 0 unspecified atom stereocenters. The molecular weight excluding hydrogens is 364 g/mol. The highest BCUT2D eigenvalue weighted by molar-refractivity contribution is 6.30. The molecule has 0 aromatic carbocycles. The van der Waals surface area contributed by atoms with Crippen LogP contribution in [0.5, 0.6) is 0 Å². The van der Waals surface area contributed by atoms with Crippen LogP contribution in [0, 0.1) is 5.92 Å². The monoisotopic (exact) mass is 386 g/mol. The SMILES string of the molecule is Clc1ccc2ncc3nnn(C4CCN(CC5CCOCC5)CC4)c3c2n1. The lowest BCUT2D eigenvalue weighted by molar-refractivity contribution is 0.0469. The molecule has 0 radical (unpaired) electrons. The van der Waals surface area contributed by atoms with Gasteiger partial charge in [0.25, 0.3) is 0 Å². The van der Waals surface area contributed by atoms with Gasteiger partial charge >= 0.3 is 0 Å². The van der Waals surface area contributed by atoms with Crippen LogP contribution in [0.15, 0.2) is 18.3 Å². The topological polar surface area (TPSA) is 69.0 Å². The second-order valence-electron chi connectivity index (χ2n) is 7.62.